The first-order valence-corrected chi connectivity index (χ1v) is 3.03. The highest BCUT2D eigenvalue weighted by Crippen LogP contribution is 2.07. The van der Waals surface area contributed by atoms with Crippen LogP contribution in [-0.4, -0.2) is 5.38 Å². The molecule has 0 aromatic carbocycles. The van der Waals surface area contributed by atoms with Crippen LogP contribution in [0.5, 0.6) is 0 Å². The zero-order chi connectivity index (χ0) is 5.86. The highest BCUT2D eigenvalue weighted by atomic mass is 35.5. The van der Waals surface area contributed by atoms with Gasteiger partial charge in [0, 0.05) is 5.38 Å². The van der Waals surface area contributed by atoms with Crippen molar-refractivity contribution in [2.24, 2.45) is 5.92 Å². The van der Waals surface area contributed by atoms with Gasteiger partial charge in [-0.05, 0) is 19.3 Å². The highest BCUT2D eigenvalue weighted by Gasteiger charge is 1.97. The fourth-order valence-electron chi connectivity index (χ4n) is 0.512. The molecule has 7 heavy (non-hydrogen) atoms. The van der Waals surface area contributed by atoms with Crippen molar-refractivity contribution in [2.75, 3.05) is 0 Å². The molecule has 0 aromatic rings. The summed E-state index contributed by atoms with van der Waals surface area (Å²) in [5, 5.41) is 0.0972. The maximum absolute atomic E-state index is 5.56. The van der Waals surface area contributed by atoms with Gasteiger partial charge < -0.3 is 0 Å². The Kier molecular flexibility index (Phi) is 3.45. The zero-order valence-electron chi connectivity index (χ0n) is 4.95. The van der Waals surface area contributed by atoms with Gasteiger partial charge in [0.2, 0.25) is 0 Å². The predicted molar refractivity (Wildman–Crippen MR) is 34.5 cm³/mol. The fraction of sp³-hybridized carbons (Fsp3) is 0.833. The molecule has 0 saturated heterocycles. The highest BCUT2D eigenvalue weighted by molar-refractivity contribution is 6.21. The van der Waals surface area contributed by atoms with Crippen LogP contribution in [-0.2, 0) is 0 Å². The molecule has 0 aliphatic heterocycles. The maximum atomic E-state index is 5.56. The lowest BCUT2D eigenvalue weighted by atomic mass is 10.1. The molecule has 0 amide bonds. The molecule has 0 saturated carbocycles. The molecule has 1 atom stereocenters. The van der Waals surface area contributed by atoms with Crippen molar-refractivity contribution in [2.45, 2.75) is 25.6 Å². The minimum absolute atomic E-state index is 0.0972. The van der Waals surface area contributed by atoms with Crippen LogP contribution in [0, 0.1) is 12.8 Å². The zero-order valence-corrected chi connectivity index (χ0v) is 5.70. The van der Waals surface area contributed by atoms with Crippen molar-refractivity contribution >= 4 is 11.6 Å². The molecule has 1 heteroatoms. The van der Waals surface area contributed by atoms with Crippen molar-refractivity contribution in [3.63, 3.8) is 0 Å². The first-order chi connectivity index (χ1) is 3.13. The van der Waals surface area contributed by atoms with E-state index in [1.807, 2.05) is 0 Å². The third-order valence-electron chi connectivity index (χ3n) is 0.727. The monoisotopic (exact) mass is 119 g/mol. The van der Waals surface area contributed by atoms with Crippen LogP contribution in [0.15, 0.2) is 0 Å². The molecular weight excluding hydrogens is 108 g/mol. The van der Waals surface area contributed by atoms with Gasteiger partial charge in [-0.2, -0.15) is 0 Å². The summed E-state index contributed by atoms with van der Waals surface area (Å²) in [5.74, 6) is 0.681. The minimum atomic E-state index is 0.0972. The minimum Gasteiger partial charge on any atom is -0.123 e. The first kappa shape index (κ1) is 7.29. The van der Waals surface area contributed by atoms with E-state index in [1.165, 1.54) is 0 Å². The van der Waals surface area contributed by atoms with Crippen LogP contribution in [0.25, 0.3) is 0 Å². The normalized spacial score (nSPS) is 15.0. The van der Waals surface area contributed by atoms with Crippen LogP contribution in [0.3, 0.4) is 0 Å². The molecule has 0 heterocycles. The Morgan fingerprint density at radius 2 is 2.00 bits per heavy atom. The van der Waals surface area contributed by atoms with Gasteiger partial charge in [-0.1, -0.05) is 13.8 Å². The Hall–Kier alpha value is 0.290. The Bertz CT molecular complexity index is 33.4. The Labute approximate surface area is 50.9 Å². The number of hydrogen-bond donors (Lipinski definition) is 0. The number of alkyl halides is 1. The second-order valence-corrected chi connectivity index (χ2v) is 2.84. The molecular formula is C6H12Cl. The Morgan fingerprint density at radius 3 is 2.00 bits per heavy atom. The SMILES string of the molecule is [CH2]C(Cl)CC(C)C. The molecule has 0 N–H and O–H groups in total. The number of hydrogen-bond acceptors (Lipinski definition) is 0. The average molecular weight is 120 g/mol. The Morgan fingerprint density at radius 1 is 1.57 bits per heavy atom. The van der Waals surface area contributed by atoms with E-state index >= 15 is 0 Å². The first-order valence-electron chi connectivity index (χ1n) is 2.60. The van der Waals surface area contributed by atoms with Gasteiger partial charge in [0.1, 0.15) is 0 Å². The van der Waals surface area contributed by atoms with Crippen LogP contribution in [0.1, 0.15) is 20.3 Å². The molecule has 0 rings (SSSR count). The van der Waals surface area contributed by atoms with E-state index in [0.717, 1.165) is 6.42 Å². The van der Waals surface area contributed by atoms with Crippen LogP contribution < -0.4 is 0 Å². The molecule has 1 unspecified atom stereocenters. The summed E-state index contributed by atoms with van der Waals surface area (Å²) in [6.45, 7) is 7.92. The molecule has 0 aliphatic rings. The summed E-state index contributed by atoms with van der Waals surface area (Å²) in [6.07, 6.45) is 1.02. The molecule has 0 aromatic heterocycles. The summed E-state index contributed by atoms with van der Waals surface area (Å²) in [6, 6.07) is 0. The summed E-state index contributed by atoms with van der Waals surface area (Å²) in [7, 11) is 0. The molecule has 1 radical (unpaired) electrons. The molecule has 0 fully saturated rings. The van der Waals surface area contributed by atoms with Gasteiger partial charge in [0.05, 0.1) is 0 Å². The van der Waals surface area contributed by atoms with Gasteiger partial charge in [-0.3, -0.25) is 0 Å². The third-order valence-corrected chi connectivity index (χ3v) is 0.905. The van der Waals surface area contributed by atoms with E-state index in [1.54, 1.807) is 0 Å². The number of halogens is 1. The van der Waals surface area contributed by atoms with Crippen molar-refractivity contribution in [1.29, 1.82) is 0 Å². The van der Waals surface area contributed by atoms with Crippen molar-refractivity contribution in [3.05, 3.63) is 6.92 Å². The predicted octanol–water partition coefficient (Wildman–Crippen LogP) is 2.47. The standard InChI is InChI=1S/C6H12Cl/c1-5(2)4-6(3)7/h5-6H,3-4H2,1-2H3. The maximum Gasteiger partial charge on any atom is 0.0339 e. The summed E-state index contributed by atoms with van der Waals surface area (Å²) in [5.41, 5.74) is 0. The summed E-state index contributed by atoms with van der Waals surface area (Å²) in [4.78, 5) is 0. The summed E-state index contributed by atoms with van der Waals surface area (Å²) >= 11 is 5.56. The lowest BCUT2D eigenvalue weighted by molar-refractivity contribution is 0.597. The van der Waals surface area contributed by atoms with Gasteiger partial charge >= 0.3 is 0 Å². The average Bonchev–Trinajstić information content (AvgIpc) is 1.27. The lowest BCUT2D eigenvalue weighted by Crippen LogP contribution is -1.96. The molecule has 0 aliphatic carbocycles. The van der Waals surface area contributed by atoms with Crippen molar-refractivity contribution < 1.29 is 0 Å². The lowest BCUT2D eigenvalue weighted by Gasteiger charge is -2.03. The van der Waals surface area contributed by atoms with E-state index < -0.39 is 0 Å². The van der Waals surface area contributed by atoms with E-state index in [2.05, 4.69) is 20.8 Å². The van der Waals surface area contributed by atoms with Gasteiger partial charge in [-0.25, -0.2) is 0 Å². The van der Waals surface area contributed by atoms with Gasteiger partial charge in [0.15, 0.2) is 0 Å². The van der Waals surface area contributed by atoms with E-state index in [-0.39, 0.29) is 5.38 Å². The second-order valence-electron chi connectivity index (χ2n) is 2.23. The van der Waals surface area contributed by atoms with Crippen molar-refractivity contribution in [3.8, 4) is 0 Å². The van der Waals surface area contributed by atoms with E-state index in [4.69, 9.17) is 11.6 Å². The van der Waals surface area contributed by atoms with Crippen molar-refractivity contribution in [1.82, 2.24) is 0 Å². The fourth-order valence-corrected chi connectivity index (χ4v) is 0.868. The third kappa shape index (κ3) is 6.29. The molecule has 0 nitrogen and oxygen atoms in total. The quantitative estimate of drug-likeness (QED) is 0.490. The second kappa shape index (κ2) is 3.31. The van der Waals surface area contributed by atoms with E-state index in [0.29, 0.717) is 5.92 Å². The van der Waals surface area contributed by atoms with E-state index in [9.17, 15) is 0 Å². The molecule has 0 bridgehead atoms. The van der Waals surface area contributed by atoms with Gasteiger partial charge in [-0.15, -0.1) is 11.6 Å². The number of rotatable bonds is 2. The van der Waals surface area contributed by atoms with Crippen LogP contribution >= 0.6 is 11.6 Å². The van der Waals surface area contributed by atoms with Crippen LogP contribution in [0.4, 0.5) is 0 Å². The molecule has 43 valence electrons. The van der Waals surface area contributed by atoms with Gasteiger partial charge in [0.25, 0.3) is 0 Å². The summed E-state index contributed by atoms with van der Waals surface area (Å²) < 4.78 is 0. The smallest absolute Gasteiger partial charge is 0.0339 e. The Balaban J connectivity index is 2.95. The topological polar surface area (TPSA) is 0 Å². The largest absolute Gasteiger partial charge is 0.123 e. The van der Waals surface area contributed by atoms with Crippen LogP contribution in [0.2, 0.25) is 0 Å². The molecule has 0 spiro atoms.